The van der Waals surface area contributed by atoms with Gasteiger partial charge < -0.3 is 5.73 Å². The van der Waals surface area contributed by atoms with E-state index in [1.54, 1.807) is 11.1 Å². The molecule has 3 rings (SSSR count). The van der Waals surface area contributed by atoms with Crippen LogP contribution in [0.1, 0.15) is 62.0 Å². The third kappa shape index (κ3) is 3.59. The summed E-state index contributed by atoms with van der Waals surface area (Å²) in [6.07, 6.45) is 10.8. The third-order valence-electron chi connectivity index (χ3n) is 4.93. The summed E-state index contributed by atoms with van der Waals surface area (Å²) in [5.74, 6) is 1.86. The largest absolute Gasteiger partial charge is 0.327 e. The summed E-state index contributed by atoms with van der Waals surface area (Å²) in [5, 5.41) is 0.902. The Morgan fingerprint density at radius 1 is 1.10 bits per heavy atom. The van der Waals surface area contributed by atoms with E-state index in [2.05, 4.69) is 36.0 Å². The second-order valence-electron chi connectivity index (χ2n) is 6.52. The molecule has 1 nitrogen and oxygen atoms in total. The number of rotatable bonds is 5. The van der Waals surface area contributed by atoms with Crippen molar-refractivity contribution in [2.75, 3.05) is 5.75 Å². The monoisotopic (exact) mass is 289 g/mol. The van der Waals surface area contributed by atoms with Crippen molar-refractivity contribution in [2.24, 2.45) is 5.73 Å². The zero-order valence-corrected chi connectivity index (χ0v) is 13.2. The van der Waals surface area contributed by atoms with Crippen LogP contribution in [0.2, 0.25) is 0 Å². The molecule has 1 aromatic rings. The van der Waals surface area contributed by atoms with Gasteiger partial charge in [-0.15, -0.1) is 0 Å². The van der Waals surface area contributed by atoms with E-state index in [-0.39, 0.29) is 0 Å². The minimum absolute atomic E-state index is 0.372. The lowest BCUT2D eigenvalue weighted by atomic mass is 9.80. The molecule has 1 fully saturated rings. The van der Waals surface area contributed by atoms with E-state index >= 15 is 0 Å². The third-order valence-corrected chi connectivity index (χ3v) is 6.49. The lowest BCUT2D eigenvalue weighted by Crippen LogP contribution is -2.27. The standard InChI is InChI=1S/C18H27NS/c19-16(13-20-17-9-2-3-10-17)12-15-8-5-7-14-6-1-4-11-18(14)15/h1,4,6,11,15-17H,2-3,5,7-10,12-13,19H2. The van der Waals surface area contributed by atoms with Crippen molar-refractivity contribution < 1.29 is 0 Å². The maximum Gasteiger partial charge on any atom is 0.0136 e. The van der Waals surface area contributed by atoms with Gasteiger partial charge in [0.15, 0.2) is 0 Å². The van der Waals surface area contributed by atoms with E-state index in [4.69, 9.17) is 5.73 Å². The van der Waals surface area contributed by atoms with Gasteiger partial charge in [-0.05, 0) is 55.6 Å². The molecule has 1 aromatic carbocycles. The molecule has 0 spiro atoms. The van der Waals surface area contributed by atoms with E-state index in [0.29, 0.717) is 12.0 Å². The molecule has 2 N–H and O–H groups in total. The van der Waals surface area contributed by atoms with Crippen molar-refractivity contribution in [2.45, 2.75) is 68.6 Å². The molecule has 2 atom stereocenters. The summed E-state index contributed by atoms with van der Waals surface area (Å²) < 4.78 is 0. The predicted molar refractivity (Wildman–Crippen MR) is 89.4 cm³/mol. The van der Waals surface area contributed by atoms with Gasteiger partial charge in [-0.2, -0.15) is 11.8 Å². The zero-order chi connectivity index (χ0) is 13.8. The average Bonchev–Trinajstić information content (AvgIpc) is 2.99. The van der Waals surface area contributed by atoms with Crippen molar-refractivity contribution >= 4 is 11.8 Å². The molecule has 2 heteroatoms. The Labute approximate surface area is 127 Å². The molecule has 0 heterocycles. The highest BCUT2D eigenvalue weighted by atomic mass is 32.2. The topological polar surface area (TPSA) is 26.0 Å². The van der Waals surface area contributed by atoms with E-state index in [9.17, 15) is 0 Å². The van der Waals surface area contributed by atoms with E-state index < -0.39 is 0 Å². The Balaban J connectivity index is 1.52. The van der Waals surface area contributed by atoms with Crippen molar-refractivity contribution in [3.05, 3.63) is 35.4 Å². The Morgan fingerprint density at radius 2 is 1.90 bits per heavy atom. The maximum absolute atomic E-state index is 6.42. The molecule has 110 valence electrons. The van der Waals surface area contributed by atoms with E-state index in [0.717, 1.165) is 11.0 Å². The normalized spacial score (nSPS) is 24.6. The molecule has 0 amide bonds. The quantitative estimate of drug-likeness (QED) is 0.863. The van der Waals surface area contributed by atoms with Crippen molar-refractivity contribution in [1.82, 2.24) is 0 Å². The highest BCUT2D eigenvalue weighted by Gasteiger charge is 2.23. The number of hydrogen-bond acceptors (Lipinski definition) is 2. The minimum atomic E-state index is 0.372. The molecular weight excluding hydrogens is 262 g/mol. The van der Waals surface area contributed by atoms with Gasteiger partial charge in [0.1, 0.15) is 0 Å². The minimum Gasteiger partial charge on any atom is -0.327 e. The van der Waals surface area contributed by atoms with E-state index in [1.807, 2.05) is 0 Å². The highest BCUT2D eigenvalue weighted by molar-refractivity contribution is 7.99. The molecule has 0 aromatic heterocycles. The number of nitrogens with two attached hydrogens (primary N) is 1. The van der Waals surface area contributed by atoms with E-state index in [1.165, 1.54) is 51.4 Å². The van der Waals surface area contributed by atoms with Gasteiger partial charge in [0, 0.05) is 17.0 Å². The Bertz CT molecular complexity index is 425. The molecule has 2 aliphatic carbocycles. The fourth-order valence-corrected chi connectivity index (χ4v) is 5.17. The fraction of sp³-hybridized carbons (Fsp3) is 0.667. The van der Waals surface area contributed by atoms with Gasteiger partial charge in [-0.1, -0.05) is 37.1 Å². The van der Waals surface area contributed by atoms with Crippen LogP contribution in [0, 0.1) is 0 Å². The van der Waals surface area contributed by atoms with Gasteiger partial charge in [0.2, 0.25) is 0 Å². The molecule has 0 saturated heterocycles. The van der Waals surface area contributed by atoms with Crippen LogP contribution in [0.4, 0.5) is 0 Å². The van der Waals surface area contributed by atoms with Gasteiger partial charge in [0.05, 0.1) is 0 Å². The number of aryl methyl sites for hydroxylation is 1. The summed E-state index contributed by atoms with van der Waals surface area (Å²) >= 11 is 2.14. The molecule has 0 radical (unpaired) electrons. The highest BCUT2D eigenvalue weighted by Crippen LogP contribution is 2.35. The lowest BCUT2D eigenvalue weighted by molar-refractivity contribution is 0.485. The predicted octanol–water partition coefficient (Wildman–Crippen LogP) is 4.50. The maximum atomic E-state index is 6.42. The number of thioether (sulfide) groups is 1. The van der Waals surface area contributed by atoms with Crippen LogP contribution in [0.25, 0.3) is 0 Å². The molecule has 20 heavy (non-hydrogen) atoms. The first-order valence-corrected chi connectivity index (χ1v) is 9.33. The summed E-state index contributed by atoms with van der Waals surface area (Å²) in [6.45, 7) is 0. The van der Waals surface area contributed by atoms with Gasteiger partial charge in [0.25, 0.3) is 0 Å². The zero-order valence-electron chi connectivity index (χ0n) is 12.4. The van der Waals surface area contributed by atoms with Crippen LogP contribution < -0.4 is 5.73 Å². The van der Waals surface area contributed by atoms with Gasteiger partial charge >= 0.3 is 0 Å². The SMILES string of the molecule is NC(CSC1CCCC1)CC1CCCc2ccccc21. The average molecular weight is 289 g/mol. The van der Waals surface area contributed by atoms with Crippen LogP contribution >= 0.6 is 11.8 Å². The van der Waals surface area contributed by atoms with Crippen LogP contribution in [0.3, 0.4) is 0 Å². The molecular formula is C18H27NS. The first kappa shape index (κ1) is 14.5. The molecule has 0 aliphatic heterocycles. The second kappa shape index (κ2) is 7.00. The first-order valence-electron chi connectivity index (χ1n) is 8.28. The Hall–Kier alpha value is -0.470. The van der Waals surface area contributed by atoms with Crippen LogP contribution in [0.15, 0.2) is 24.3 Å². The number of fused-ring (bicyclic) bond motifs is 1. The van der Waals surface area contributed by atoms with Crippen molar-refractivity contribution in [3.8, 4) is 0 Å². The Morgan fingerprint density at radius 3 is 2.75 bits per heavy atom. The van der Waals surface area contributed by atoms with Crippen LogP contribution in [0.5, 0.6) is 0 Å². The van der Waals surface area contributed by atoms with Crippen molar-refractivity contribution in [1.29, 1.82) is 0 Å². The molecule has 1 saturated carbocycles. The number of hydrogen-bond donors (Lipinski definition) is 1. The molecule has 2 unspecified atom stereocenters. The molecule has 2 aliphatic rings. The van der Waals surface area contributed by atoms with Gasteiger partial charge in [-0.25, -0.2) is 0 Å². The second-order valence-corrected chi connectivity index (χ2v) is 7.86. The van der Waals surface area contributed by atoms with Gasteiger partial charge in [-0.3, -0.25) is 0 Å². The number of benzene rings is 1. The summed E-state index contributed by atoms with van der Waals surface area (Å²) in [6, 6.07) is 9.38. The Kier molecular flexibility index (Phi) is 5.06. The van der Waals surface area contributed by atoms with Crippen LogP contribution in [-0.2, 0) is 6.42 Å². The fourth-order valence-electron chi connectivity index (χ4n) is 3.85. The first-order chi connectivity index (χ1) is 9.83. The van der Waals surface area contributed by atoms with Crippen molar-refractivity contribution in [3.63, 3.8) is 0 Å². The summed E-state index contributed by atoms with van der Waals surface area (Å²) in [7, 11) is 0. The lowest BCUT2D eigenvalue weighted by Gasteiger charge is -2.28. The summed E-state index contributed by atoms with van der Waals surface area (Å²) in [5.41, 5.74) is 9.57. The smallest absolute Gasteiger partial charge is 0.0136 e. The summed E-state index contributed by atoms with van der Waals surface area (Å²) in [4.78, 5) is 0. The molecule has 0 bridgehead atoms. The van der Waals surface area contributed by atoms with Crippen LogP contribution in [-0.4, -0.2) is 17.0 Å².